The molecule has 2 aromatic carbocycles. The summed E-state index contributed by atoms with van der Waals surface area (Å²) in [5, 5.41) is 17.5. The Morgan fingerprint density at radius 2 is 1.77 bits per heavy atom. The molecule has 0 saturated heterocycles. The summed E-state index contributed by atoms with van der Waals surface area (Å²) in [5.74, 6) is -1.00. The van der Waals surface area contributed by atoms with Gasteiger partial charge in [0.2, 0.25) is 11.6 Å². The van der Waals surface area contributed by atoms with Gasteiger partial charge in [0.15, 0.2) is 0 Å². The fourth-order valence-electron chi connectivity index (χ4n) is 3.73. The number of nitrogens with zero attached hydrogens (tertiary/aromatic N) is 3. The van der Waals surface area contributed by atoms with Crippen LogP contribution in [0.25, 0.3) is 34.3 Å². The highest BCUT2D eigenvalue weighted by molar-refractivity contribution is 5.71. The Morgan fingerprint density at radius 1 is 1.00 bits per heavy atom. The van der Waals surface area contributed by atoms with Crippen LogP contribution in [0.1, 0.15) is 22.8 Å². The van der Waals surface area contributed by atoms with E-state index in [0.29, 0.717) is 17.5 Å². The molecule has 31 heavy (non-hydrogen) atoms. The molecule has 0 amide bonds. The molecule has 1 aliphatic carbocycles. The number of hydrogen-bond acceptors (Lipinski definition) is 7. The second-order valence-electron chi connectivity index (χ2n) is 7.25. The number of halogens is 3. The summed E-state index contributed by atoms with van der Waals surface area (Å²) in [6, 6.07) is 12.6. The highest BCUT2D eigenvalue weighted by Gasteiger charge is 2.43. The van der Waals surface area contributed by atoms with Crippen molar-refractivity contribution in [3.05, 3.63) is 65.2 Å². The topological polar surface area (TPSA) is 111 Å². The number of nitrogens with two attached hydrogens (primary N) is 1. The Morgan fingerprint density at radius 3 is 2.52 bits per heavy atom. The van der Waals surface area contributed by atoms with E-state index >= 15 is 0 Å². The van der Waals surface area contributed by atoms with Gasteiger partial charge in [-0.05, 0) is 23.6 Å². The van der Waals surface area contributed by atoms with Crippen LogP contribution in [0.2, 0.25) is 0 Å². The summed E-state index contributed by atoms with van der Waals surface area (Å²) in [5.41, 5.74) is 6.74. The van der Waals surface area contributed by atoms with Crippen LogP contribution in [-0.2, 0) is 12.6 Å². The van der Waals surface area contributed by atoms with E-state index in [1.807, 2.05) is 0 Å². The molecule has 2 aromatic heterocycles. The Balaban J connectivity index is 1.55. The van der Waals surface area contributed by atoms with E-state index in [1.54, 1.807) is 36.4 Å². The van der Waals surface area contributed by atoms with Crippen LogP contribution in [0.5, 0.6) is 0 Å². The fraction of sp³-hybridized carbons (Fsp3) is 0.190. The first-order valence-electron chi connectivity index (χ1n) is 9.36. The average Bonchev–Trinajstić information content (AvgIpc) is 3.46. The summed E-state index contributed by atoms with van der Waals surface area (Å²) in [6.45, 7) is 0. The van der Waals surface area contributed by atoms with Gasteiger partial charge in [-0.1, -0.05) is 52.8 Å². The Hall–Kier alpha value is -3.50. The molecule has 7 nitrogen and oxygen atoms in total. The first-order chi connectivity index (χ1) is 14.8. The van der Waals surface area contributed by atoms with Crippen molar-refractivity contribution in [1.29, 1.82) is 0 Å². The van der Waals surface area contributed by atoms with Crippen LogP contribution in [-0.4, -0.2) is 26.4 Å². The number of rotatable bonds is 3. The maximum absolute atomic E-state index is 13.8. The van der Waals surface area contributed by atoms with Crippen LogP contribution in [0, 0.1) is 0 Å². The summed E-state index contributed by atoms with van der Waals surface area (Å²) < 4.78 is 51.6. The Bertz CT molecular complexity index is 1250. The van der Waals surface area contributed by atoms with Gasteiger partial charge in [0.05, 0.1) is 6.10 Å². The second kappa shape index (κ2) is 7.03. The third-order valence-electron chi connectivity index (χ3n) is 5.22. The van der Waals surface area contributed by atoms with Gasteiger partial charge in [0, 0.05) is 17.2 Å². The van der Waals surface area contributed by atoms with Crippen LogP contribution in [0.4, 0.5) is 13.2 Å². The van der Waals surface area contributed by atoms with Crippen LogP contribution in [0.3, 0.4) is 0 Å². The van der Waals surface area contributed by atoms with E-state index in [-0.39, 0.29) is 17.1 Å². The van der Waals surface area contributed by atoms with E-state index < -0.39 is 35.5 Å². The number of aliphatic hydroxyl groups is 1. The van der Waals surface area contributed by atoms with Crippen molar-refractivity contribution in [2.24, 2.45) is 5.73 Å². The van der Waals surface area contributed by atoms with Gasteiger partial charge in [0.25, 0.3) is 5.89 Å². The zero-order valence-electron chi connectivity index (χ0n) is 15.8. The number of benzene rings is 2. The highest BCUT2D eigenvalue weighted by Crippen LogP contribution is 2.43. The van der Waals surface area contributed by atoms with Gasteiger partial charge in [-0.3, -0.25) is 0 Å². The third kappa shape index (κ3) is 3.29. The van der Waals surface area contributed by atoms with Crippen molar-refractivity contribution in [2.75, 3.05) is 0 Å². The molecule has 2 atom stereocenters. The molecule has 158 valence electrons. The Labute approximate surface area is 173 Å². The maximum Gasteiger partial charge on any atom is 0.422 e. The number of fused-ring (bicyclic) bond motifs is 1. The zero-order valence-corrected chi connectivity index (χ0v) is 15.8. The summed E-state index contributed by atoms with van der Waals surface area (Å²) in [4.78, 5) is 4.09. The van der Waals surface area contributed by atoms with E-state index in [1.165, 1.54) is 12.1 Å². The summed E-state index contributed by atoms with van der Waals surface area (Å²) >= 11 is 0. The van der Waals surface area contributed by atoms with Crippen molar-refractivity contribution in [1.82, 2.24) is 15.3 Å². The van der Waals surface area contributed by atoms with Crippen molar-refractivity contribution in [3.63, 3.8) is 0 Å². The number of hydrogen-bond donors (Lipinski definition) is 2. The molecule has 2 unspecified atom stereocenters. The molecule has 0 fully saturated rings. The fourth-order valence-corrected chi connectivity index (χ4v) is 3.73. The monoisotopic (exact) mass is 428 g/mol. The highest BCUT2D eigenvalue weighted by atomic mass is 19.4. The molecule has 1 aliphatic rings. The molecule has 0 aliphatic heterocycles. The molecule has 0 spiro atoms. The SMILES string of the molecule is NC1Cc2cc(-c3noc(-c4onc(-c5ccccc5)c4C(F)(F)F)n3)ccc2C1O. The summed E-state index contributed by atoms with van der Waals surface area (Å²) in [6.07, 6.45) is -5.05. The minimum atomic E-state index is -4.75. The summed E-state index contributed by atoms with van der Waals surface area (Å²) in [7, 11) is 0. The molecule has 0 bridgehead atoms. The first kappa shape index (κ1) is 19.5. The average molecular weight is 428 g/mol. The van der Waals surface area contributed by atoms with Crippen LogP contribution >= 0.6 is 0 Å². The maximum atomic E-state index is 13.8. The predicted molar refractivity (Wildman–Crippen MR) is 102 cm³/mol. The van der Waals surface area contributed by atoms with Gasteiger partial charge in [0.1, 0.15) is 11.3 Å². The zero-order chi connectivity index (χ0) is 21.8. The van der Waals surface area contributed by atoms with Crippen molar-refractivity contribution in [2.45, 2.75) is 24.7 Å². The lowest BCUT2D eigenvalue weighted by molar-refractivity contribution is -0.136. The van der Waals surface area contributed by atoms with Gasteiger partial charge < -0.3 is 19.9 Å². The molecule has 0 saturated carbocycles. The minimum absolute atomic E-state index is 0.0820. The lowest BCUT2D eigenvalue weighted by atomic mass is 10.0. The molecule has 4 aromatic rings. The first-order valence-corrected chi connectivity index (χ1v) is 9.36. The number of aliphatic hydroxyl groups excluding tert-OH is 1. The van der Waals surface area contributed by atoms with Crippen LogP contribution in [0.15, 0.2) is 57.6 Å². The smallest absolute Gasteiger partial charge is 0.387 e. The van der Waals surface area contributed by atoms with Crippen molar-refractivity contribution in [3.8, 4) is 34.3 Å². The molecule has 5 rings (SSSR count). The molecule has 10 heteroatoms. The predicted octanol–water partition coefficient (Wildman–Crippen LogP) is 3.99. The van der Waals surface area contributed by atoms with Gasteiger partial charge in [-0.15, -0.1) is 0 Å². The van der Waals surface area contributed by atoms with Gasteiger partial charge >= 0.3 is 6.18 Å². The molecular formula is C21H15F3N4O3. The lowest BCUT2D eigenvalue weighted by Crippen LogP contribution is -2.24. The van der Waals surface area contributed by atoms with Crippen molar-refractivity contribution >= 4 is 0 Å². The third-order valence-corrected chi connectivity index (χ3v) is 5.22. The molecule has 2 heterocycles. The van der Waals surface area contributed by atoms with E-state index in [4.69, 9.17) is 14.8 Å². The van der Waals surface area contributed by atoms with E-state index in [0.717, 1.165) is 5.56 Å². The van der Waals surface area contributed by atoms with Gasteiger partial charge in [-0.2, -0.15) is 18.2 Å². The molecule has 0 radical (unpaired) electrons. The normalized spacial score (nSPS) is 18.4. The van der Waals surface area contributed by atoms with Crippen LogP contribution < -0.4 is 5.73 Å². The minimum Gasteiger partial charge on any atom is -0.387 e. The van der Waals surface area contributed by atoms with Crippen molar-refractivity contribution < 1.29 is 27.3 Å². The molecule has 3 N–H and O–H groups in total. The van der Waals surface area contributed by atoms with Gasteiger partial charge in [-0.25, -0.2) is 0 Å². The van der Waals surface area contributed by atoms with E-state index in [9.17, 15) is 18.3 Å². The number of aromatic nitrogens is 3. The quantitative estimate of drug-likeness (QED) is 0.507. The standard InChI is InChI=1S/C21H15F3N4O3/c22-21(23,24)15-16(10-4-2-1-3-5-10)27-30-18(15)20-26-19(28-31-20)11-6-7-13-12(8-11)9-14(25)17(13)29/h1-8,14,17,29H,9,25H2. The van der Waals surface area contributed by atoms with E-state index in [2.05, 4.69) is 15.3 Å². The largest absolute Gasteiger partial charge is 0.422 e. The number of alkyl halides is 3. The second-order valence-corrected chi connectivity index (χ2v) is 7.25. The molecular weight excluding hydrogens is 413 g/mol. The lowest BCUT2D eigenvalue weighted by Gasteiger charge is -2.08. The Kier molecular flexibility index (Phi) is 4.42.